The van der Waals surface area contributed by atoms with Crippen LogP contribution < -0.4 is 14.2 Å². The summed E-state index contributed by atoms with van der Waals surface area (Å²) in [5, 5.41) is 0. The lowest BCUT2D eigenvalue weighted by atomic mass is 9.96. The predicted molar refractivity (Wildman–Crippen MR) is 95.9 cm³/mol. The molecule has 1 aliphatic heterocycles. The molecule has 140 valence electrons. The minimum absolute atomic E-state index is 0.0623. The molecule has 26 heavy (non-hydrogen) atoms. The van der Waals surface area contributed by atoms with E-state index < -0.39 is 10.0 Å². The minimum Gasteiger partial charge on any atom is -0.493 e. The van der Waals surface area contributed by atoms with Gasteiger partial charge in [0.2, 0.25) is 10.0 Å². The van der Waals surface area contributed by atoms with Gasteiger partial charge >= 0.3 is 0 Å². The van der Waals surface area contributed by atoms with Crippen molar-refractivity contribution < 1.29 is 22.6 Å². The summed E-state index contributed by atoms with van der Waals surface area (Å²) in [6, 6.07) is 8.09. The first-order valence-electron chi connectivity index (χ1n) is 8.24. The Morgan fingerprint density at radius 1 is 1.12 bits per heavy atom. The van der Waals surface area contributed by atoms with Crippen molar-refractivity contribution in [3.05, 3.63) is 48.3 Å². The molecule has 7 nitrogen and oxygen atoms in total. The SMILES string of the molecule is COc1ccc(S(=O)(=O)N[C@H]2COC[C@H]2Cc2ccncc2)cc1OC. The molecule has 1 aromatic carbocycles. The van der Waals surface area contributed by atoms with E-state index in [-0.39, 0.29) is 16.9 Å². The van der Waals surface area contributed by atoms with E-state index in [4.69, 9.17) is 14.2 Å². The Labute approximate surface area is 153 Å². The highest BCUT2D eigenvalue weighted by molar-refractivity contribution is 7.89. The zero-order valence-electron chi connectivity index (χ0n) is 14.7. The second-order valence-electron chi connectivity index (χ2n) is 6.10. The molecule has 1 saturated heterocycles. The Kier molecular flexibility index (Phi) is 5.75. The molecule has 3 rings (SSSR count). The van der Waals surface area contributed by atoms with E-state index in [9.17, 15) is 8.42 Å². The number of rotatable bonds is 7. The van der Waals surface area contributed by atoms with Crippen molar-refractivity contribution in [2.45, 2.75) is 17.4 Å². The number of benzene rings is 1. The fraction of sp³-hybridized carbons (Fsp3) is 0.389. The molecule has 0 amide bonds. The molecule has 1 aromatic heterocycles. The van der Waals surface area contributed by atoms with Crippen molar-refractivity contribution in [1.29, 1.82) is 0 Å². The first-order valence-corrected chi connectivity index (χ1v) is 9.73. The number of hydrogen-bond donors (Lipinski definition) is 1. The lowest BCUT2D eigenvalue weighted by Gasteiger charge is -2.19. The zero-order valence-corrected chi connectivity index (χ0v) is 15.5. The zero-order chi connectivity index (χ0) is 18.6. The number of nitrogens with zero attached hydrogens (tertiary/aromatic N) is 1. The second kappa shape index (κ2) is 8.03. The highest BCUT2D eigenvalue weighted by Gasteiger charge is 2.32. The largest absolute Gasteiger partial charge is 0.493 e. The molecule has 8 heteroatoms. The normalized spacial score (nSPS) is 20.1. The maximum Gasteiger partial charge on any atom is 0.241 e. The second-order valence-corrected chi connectivity index (χ2v) is 7.82. The smallest absolute Gasteiger partial charge is 0.241 e. The Bertz CT molecular complexity index is 842. The van der Waals surface area contributed by atoms with Crippen molar-refractivity contribution in [1.82, 2.24) is 9.71 Å². The van der Waals surface area contributed by atoms with Crippen LogP contribution in [0.1, 0.15) is 5.56 Å². The molecule has 1 aliphatic rings. The topological polar surface area (TPSA) is 86.8 Å². The predicted octanol–water partition coefficient (Wildman–Crippen LogP) is 1.63. The third kappa shape index (κ3) is 4.14. The number of aromatic nitrogens is 1. The quantitative estimate of drug-likeness (QED) is 0.788. The summed E-state index contributed by atoms with van der Waals surface area (Å²) in [5.41, 5.74) is 1.10. The van der Waals surface area contributed by atoms with Crippen LogP contribution in [0, 0.1) is 5.92 Å². The maximum atomic E-state index is 12.8. The minimum atomic E-state index is -3.70. The molecule has 0 saturated carbocycles. The Morgan fingerprint density at radius 2 is 1.85 bits per heavy atom. The van der Waals surface area contributed by atoms with Gasteiger partial charge in [-0.05, 0) is 36.2 Å². The molecule has 0 bridgehead atoms. The molecule has 0 aliphatic carbocycles. The van der Waals surface area contributed by atoms with Crippen molar-refractivity contribution >= 4 is 10.0 Å². The summed E-state index contributed by atoms with van der Waals surface area (Å²) in [4.78, 5) is 4.13. The van der Waals surface area contributed by atoms with E-state index in [0.29, 0.717) is 24.7 Å². The van der Waals surface area contributed by atoms with E-state index in [1.807, 2.05) is 12.1 Å². The van der Waals surface area contributed by atoms with Crippen LogP contribution in [0.2, 0.25) is 0 Å². The molecular weight excluding hydrogens is 356 g/mol. The van der Waals surface area contributed by atoms with E-state index in [1.165, 1.54) is 26.4 Å². The molecule has 1 fully saturated rings. The Hall–Kier alpha value is -2.16. The number of pyridine rings is 1. The lowest BCUT2D eigenvalue weighted by Crippen LogP contribution is -2.40. The van der Waals surface area contributed by atoms with Gasteiger partial charge in [0.15, 0.2) is 11.5 Å². The first-order chi connectivity index (χ1) is 12.5. The number of hydrogen-bond acceptors (Lipinski definition) is 6. The van der Waals surface area contributed by atoms with Gasteiger partial charge in [-0.1, -0.05) is 0 Å². The van der Waals surface area contributed by atoms with Crippen molar-refractivity contribution in [2.24, 2.45) is 5.92 Å². The third-order valence-corrected chi connectivity index (χ3v) is 5.91. The van der Waals surface area contributed by atoms with E-state index in [2.05, 4.69) is 9.71 Å². The van der Waals surface area contributed by atoms with Gasteiger partial charge < -0.3 is 14.2 Å². The van der Waals surface area contributed by atoms with Crippen molar-refractivity contribution in [2.75, 3.05) is 27.4 Å². The number of ether oxygens (including phenoxy) is 3. The van der Waals surface area contributed by atoms with E-state index in [1.54, 1.807) is 18.5 Å². The van der Waals surface area contributed by atoms with Crippen molar-refractivity contribution in [3.8, 4) is 11.5 Å². The summed E-state index contributed by atoms with van der Waals surface area (Å²) in [5.74, 6) is 0.907. The summed E-state index contributed by atoms with van der Waals surface area (Å²) in [6.45, 7) is 0.865. The summed E-state index contributed by atoms with van der Waals surface area (Å²) >= 11 is 0. The van der Waals surface area contributed by atoms with Gasteiger partial charge in [-0.2, -0.15) is 0 Å². The van der Waals surface area contributed by atoms with Gasteiger partial charge in [-0.15, -0.1) is 0 Å². The highest BCUT2D eigenvalue weighted by atomic mass is 32.2. The monoisotopic (exact) mass is 378 g/mol. The van der Waals surface area contributed by atoms with Crippen molar-refractivity contribution in [3.63, 3.8) is 0 Å². The molecule has 0 radical (unpaired) electrons. The third-order valence-electron chi connectivity index (χ3n) is 4.42. The molecule has 2 aromatic rings. The van der Waals surface area contributed by atoms with Crippen LogP contribution in [0.4, 0.5) is 0 Å². The van der Waals surface area contributed by atoms with Crippen LogP contribution in [0.15, 0.2) is 47.6 Å². The molecule has 1 N–H and O–H groups in total. The Morgan fingerprint density at radius 3 is 2.54 bits per heavy atom. The number of methoxy groups -OCH3 is 2. The maximum absolute atomic E-state index is 12.8. The molecule has 2 atom stereocenters. The van der Waals surface area contributed by atoms with E-state index in [0.717, 1.165) is 12.0 Å². The van der Waals surface area contributed by atoms with E-state index >= 15 is 0 Å². The molecule has 2 heterocycles. The summed E-state index contributed by atoms with van der Waals surface area (Å²) in [7, 11) is -0.731. The molecular formula is C18H22N2O5S. The molecule has 0 spiro atoms. The van der Waals surface area contributed by atoms with Gasteiger partial charge in [0.05, 0.1) is 38.4 Å². The van der Waals surface area contributed by atoms with Gasteiger partial charge in [-0.3, -0.25) is 4.98 Å². The highest BCUT2D eigenvalue weighted by Crippen LogP contribution is 2.30. The van der Waals surface area contributed by atoms with Gasteiger partial charge in [-0.25, -0.2) is 13.1 Å². The fourth-order valence-corrected chi connectivity index (χ4v) is 4.31. The summed E-state index contributed by atoms with van der Waals surface area (Å²) < 4.78 is 44.2. The van der Waals surface area contributed by atoms with Gasteiger partial charge in [0.1, 0.15) is 0 Å². The van der Waals surface area contributed by atoms with Crippen LogP contribution in [0.3, 0.4) is 0 Å². The number of nitrogens with one attached hydrogen (secondary N) is 1. The average Bonchev–Trinajstić information content (AvgIpc) is 3.07. The molecule has 0 unspecified atom stereocenters. The van der Waals surface area contributed by atoms with Crippen LogP contribution >= 0.6 is 0 Å². The standard InChI is InChI=1S/C18H22N2O5S/c1-23-17-4-3-15(10-18(17)24-2)26(21,22)20-16-12-25-11-14(16)9-13-5-7-19-8-6-13/h3-8,10,14,16,20H,9,11-12H2,1-2H3/t14-,16+/m1/s1. The number of sulfonamides is 1. The Balaban J connectivity index is 1.76. The van der Waals surface area contributed by atoms with Gasteiger partial charge in [0, 0.05) is 24.4 Å². The van der Waals surface area contributed by atoms with Crippen LogP contribution in [0.5, 0.6) is 11.5 Å². The fourth-order valence-electron chi connectivity index (χ4n) is 3.00. The van der Waals surface area contributed by atoms with Crippen LogP contribution in [-0.2, 0) is 21.2 Å². The lowest BCUT2D eigenvalue weighted by molar-refractivity contribution is 0.183. The average molecular weight is 378 g/mol. The van der Waals surface area contributed by atoms with Gasteiger partial charge in [0.25, 0.3) is 0 Å². The van der Waals surface area contributed by atoms with Crippen LogP contribution in [0.25, 0.3) is 0 Å². The first kappa shape index (κ1) is 18.6. The van der Waals surface area contributed by atoms with Crippen LogP contribution in [-0.4, -0.2) is 46.9 Å². The summed E-state index contributed by atoms with van der Waals surface area (Å²) in [6.07, 6.45) is 4.18.